The molecule has 120 valence electrons. The predicted octanol–water partition coefficient (Wildman–Crippen LogP) is 3.38. The zero-order valence-electron chi connectivity index (χ0n) is 12.9. The molecule has 1 unspecified atom stereocenters. The number of benzene rings is 2. The number of amides is 1. The number of fused-ring (bicyclic) bond motifs is 1. The molecule has 0 saturated carbocycles. The van der Waals surface area contributed by atoms with E-state index in [9.17, 15) is 9.18 Å². The first-order valence-corrected chi connectivity index (χ1v) is 8.39. The highest BCUT2D eigenvalue weighted by Gasteiger charge is 2.29. The maximum Gasteiger partial charge on any atom is 0.236 e. The van der Waals surface area contributed by atoms with Gasteiger partial charge in [-0.3, -0.25) is 4.79 Å². The molecule has 2 aromatic carbocycles. The van der Waals surface area contributed by atoms with Crippen LogP contribution in [0.3, 0.4) is 0 Å². The topological polar surface area (TPSA) is 29.5 Å². The van der Waals surface area contributed by atoms with Gasteiger partial charge in [0.05, 0.1) is 11.8 Å². The molecule has 1 aliphatic heterocycles. The molecule has 23 heavy (non-hydrogen) atoms. The zero-order chi connectivity index (χ0) is 16.2. The van der Waals surface area contributed by atoms with Crippen LogP contribution in [0.2, 0.25) is 0 Å². The Morgan fingerprint density at radius 2 is 2.00 bits per heavy atom. The molecular formula is C18H18FNO2S. The Hall–Kier alpha value is -2.01. The summed E-state index contributed by atoms with van der Waals surface area (Å²) < 4.78 is 18.4. The normalized spacial score (nSPS) is 16.0. The molecule has 1 aliphatic rings. The first-order chi connectivity index (χ1) is 11.1. The van der Waals surface area contributed by atoms with Crippen LogP contribution < -0.4 is 4.74 Å². The van der Waals surface area contributed by atoms with Gasteiger partial charge in [-0.05, 0) is 42.3 Å². The summed E-state index contributed by atoms with van der Waals surface area (Å²) >= 11 is 1.63. The molecule has 0 spiro atoms. The summed E-state index contributed by atoms with van der Waals surface area (Å²) in [5.41, 5.74) is 1.24. The maximum atomic E-state index is 12.8. The van der Waals surface area contributed by atoms with Crippen molar-refractivity contribution in [3.63, 3.8) is 0 Å². The third-order valence-corrected chi connectivity index (χ3v) is 5.11. The van der Waals surface area contributed by atoms with Crippen LogP contribution in [0.1, 0.15) is 5.56 Å². The fourth-order valence-electron chi connectivity index (χ4n) is 2.51. The standard InChI is InChI=1S/C18H18FNO2S/c1-20(10-11-22-15-8-6-14(19)7-9-15)18(21)17-12-13-4-2-3-5-16(13)23-17/h2-9,17H,10-12H2,1H3. The molecule has 0 N–H and O–H groups in total. The molecule has 2 aromatic rings. The molecular weight excluding hydrogens is 313 g/mol. The minimum Gasteiger partial charge on any atom is -0.492 e. The van der Waals surface area contributed by atoms with Crippen molar-refractivity contribution in [3.05, 3.63) is 59.9 Å². The fraction of sp³-hybridized carbons (Fsp3) is 0.278. The quantitative estimate of drug-likeness (QED) is 0.841. The van der Waals surface area contributed by atoms with E-state index < -0.39 is 0 Å². The lowest BCUT2D eigenvalue weighted by atomic mass is 10.1. The first kappa shape index (κ1) is 15.9. The van der Waals surface area contributed by atoms with Crippen LogP contribution in [0.15, 0.2) is 53.4 Å². The number of ether oxygens (including phenoxy) is 1. The number of thioether (sulfide) groups is 1. The molecule has 0 aromatic heterocycles. The number of carbonyl (C=O) groups is 1. The average Bonchev–Trinajstić information content (AvgIpc) is 3.00. The Kier molecular flexibility index (Phi) is 4.86. The Bertz CT molecular complexity index is 665. The highest BCUT2D eigenvalue weighted by molar-refractivity contribution is 8.01. The van der Waals surface area contributed by atoms with E-state index in [0.29, 0.717) is 18.9 Å². The summed E-state index contributed by atoms with van der Waals surface area (Å²) in [4.78, 5) is 15.4. The summed E-state index contributed by atoms with van der Waals surface area (Å²) in [7, 11) is 1.79. The van der Waals surface area contributed by atoms with Gasteiger partial charge in [0.2, 0.25) is 5.91 Å². The van der Waals surface area contributed by atoms with Crippen molar-refractivity contribution in [2.75, 3.05) is 20.2 Å². The molecule has 1 atom stereocenters. The second-order valence-corrected chi connectivity index (χ2v) is 6.73. The SMILES string of the molecule is CN(CCOc1ccc(F)cc1)C(=O)C1Cc2ccccc2S1. The average molecular weight is 331 g/mol. The lowest BCUT2D eigenvalue weighted by Crippen LogP contribution is -2.37. The maximum absolute atomic E-state index is 12.8. The second-order valence-electron chi connectivity index (χ2n) is 5.48. The van der Waals surface area contributed by atoms with E-state index >= 15 is 0 Å². The Morgan fingerprint density at radius 1 is 1.26 bits per heavy atom. The van der Waals surface area contributed by atoms with E-state index in [1.54, 1.807) is 35.8 Å². The first-order valence-electron chi connectivity index (χ1n) is 7.51. The molecule has 0 aliphatic carbocycles. The third kappa shape index (κ3) is 3.85. The van der Waals surface area contributed by atoms with Crippen molar-refractivity contribution < 1.29 is 13.9 Å². The van der Waals surface area contributed by atoms with Crippen molar-refractivity contribution >= 4 is 17.7 Å². The Balaban J connectivity index is 1.48. The molecule has 0 radical (unpaired) electrons. The van der Waals surface area contributed by atoms with Gasteiger partial charge >= 0.3 is 0 Å². The Morgan fingerprint density at radius 3 is 2.74 bits per heavy atom. The molecule has 1 amide bonds. The highest BCUT2D eigenvalue weighted by atomic mass is 32.2. The molecule has 1 heterocycles. The van der Waals surface area contributed by atoms with E-state index in [2.05, 4.69) is 12.1 Å². The van der Waals surface area contributed by atoms with Crippen LogP contribution >= 0.6 is 11.8 Å². The molecule has 0 fully saturated rings. The van der Waals surface area contributed by atoms with Crippen molar-refractivity contribution in [3.8, 4) is 5.75 Å². The van der Waals surface area contributed by atoms with E-state index in [4.69, 9.17) is 4.74 Å². The van der Waals surface area contributed by atoms with Gasteiger partial charge in [-0.25, -0.2) is 4.39 Å². The summed E-state index contributed by atoms with van der Waals surface area (Å²) in [5.74, 6) is 0.436. The number of rotatable bonds is 5. The van der Waals surface area contributed by atoms with Gasteiger partial charge < -0.3 is 9.64 Å². The van der Waals surface area contributed by atoms with E-state index in [1.807, 2.05) is 12.1 Å². The van der Waals surface area contributed by atoms with Crippen molar-refractivity contribution in [2.45, 2.75) is 16.6 Å². The number of nitrogens with zero attached hydrogens (tertiary/aromatic N) is 1. The summed E-state index contributed by atoms with van der Waals surface area (Å²) in [6, 6.07) is 14.0. The van der Waals surface area contributed by atoms with Gasteiger partial charge in [0.15, 0.2) is 0 Å². The van der Waals surface area contributed by atoms with Crippen LogP contribution in [-0.4, -0.2) is 36.3 Å². The predicted molar refractivity (Wildman–Crippen MR) is 89.3 cm³/mol. The van der Waals surface area contributed by atoms with Crippen molar-refractivity contribution in [1.29, 1.82) is 0 Å². The van der Waals surface area contributed by atoms with Gasteiger partial charge in [0, 0.05) is 11.9 Å². The second kappa shape index (κ2) is 7.04. The van der Waals surface area contributed by atoms with Gasteiger partial charge in [0.1, 0.15) is 18.2 Å². The van der Waals surface area contributed by atoms with Crippen LogP contribution in [0.4, 0.5) is 4.39 Å². The van der Waals surface area contributed by atoms with Gasteiger partial charge in [0.25, 0.3) is 0 Å². The smallest absolute Gasteiger partial charge is 0.236 e. The summed E-state index contributed by atoms with van der Waals surface area (Å²) in [6.45, 7) is 0.891. The van der Waals surface area contributed by atoms with E-state index in [0.717, 1.165) is 6.42 Å². The van der Waals surface area contributed by atoms with Crippen LogP contribution in [0.25, 0.3) is 0 Å². The number of halogens is 1. The number of likely N-dealkylation sites (N-methyl/N-ethyl adjacent to an activating group) is 1. The van der Waals surface area contributed by atoms with Gasteiger partial charge in [-0.2, -0.15) is 0 Å². The molecule has 3 nitrogen and oxygen atoms in total. The monoisotopic (exact) mass is 331 g/mol. The lowest BCUT2D eigenvalue weighted by molar-refractivity contribution is -0.129. The lowest BCUT2D eigenvalue weighted by Gasteiger charge is -2.20. The molecule has 3 rings (SSSR count). The van der Waals surface area contributed by atoms with E-state index in [-0.39, 0.29) is 17.0 Å². The number of hydrogen-bond donors (Lipinski definition) is 0. The largest absolute Gasteiger partial charge is 0.492 e. The third-order valence-electron chi connectivity index (χ3n) is 3.81. The molecule has 0 saturated heterocycles. The molecule has 5 heteroatoms. The molecule has 0 bridgehead atoms. The van der Waals surface area contributed by atoms with Crippen LogP contribution in [-0.2, 0) is 11.2 Å². The van der Waals surface area contributed by atoms with Crippen molar-refractivity contribution in [2.24, 2.45) is 0 Å². The zero-order valence-corrected chi connectivity index (χ0v) is 13.7. The summed E-state index contributed by atoms with van der Waals surface area (Å²) in [6.07, 6.45) is 0.781. The van der Waals surface area contributed by atoms with Crippen LogP contribution in [0, 0.1) is 5.82 Å². The minimum atomic E-state index is -0.289. The van der Waals surface area contributed by atoms with Gasteiger partial charge in [-0.1, -0.05) is 18.2 Å². The summed E-state index contributed by atoms with van der Waals surface area (Å²) in [5, 5.41) is -0.0526. The highest BCUT2D eigenvalue weighted by Crippen LogP contribution is 2.37. The van der Waals surface area contributed by atoms with Gasteiger partial charge in [-0.15, -0.1) is 11.8 Å². The van der Waals surface area contributed by atoms with Crippen LogP contribution in [0.5, 0.6) is 5.75 Å². The fourth-order valence-corrected chi connectivity index (χ4v) is 3.82. The Labute approximate surface area is 139 Å². The number of carbonyl (C=O) groups excluding carboxylic acids is 1. The van der Waals surface area contributed by atoms with E-state index in [1.165, 1.54) is 22.6 Å². The number of hydrogen-bond acceptors (Lipinski definition) is 3. The minimum absolute atomic E-state index is 0.0526. The van der Waals surface area contributed by atoms with Crippen molar-refractivity contribution in [1.82, 2.24) is 4.90 Å².